The van der Waals surface area contributed by atoms with E-state index in [1.807, 2.05) is 13.3 Å². The van der Waals surface area contributed by atoms with Gasteiger partial charge in [-0.15, -0.1) is 0 Å². The Hall–Kier alpha value is -2.21. The van der Waals surface area contributed by atoms with Crippen LogP contribution < -0.4 is 5.32 Å². The highest BCUT2D eigenvalue weighted by atomic mass is 19.1. The van der Waals surface area contributed by atoms with Crippen molar-refractivity contribution in [2.24, 2.45) is 15.9 Å². The van der Waals surface area contributed by atoms with E-state index in [2.05, 4.69) is 35.9 Å². The number of likely N-dealkylation sites (tertiary alicyclic amines) is 1. The fourth-order valence-electron chi connectivity index (χ4n) is 2.78. The van der Waals surface area contributed by atoms with E-state index in [1.165, 1.54) is 18.6 Å². The average molecular weight is 335 g/mol. The van der Waals surface area contributed by atoms with Crippen LogP contribution in [-0.2, 0) is 4.74 Å². The van der Waals surface area contributed by atoms with Gasteiger partial charge in [-0.25, -0.2) is 4.39 Å². The molecule has 1 saturated heterocycles. The second-order valence-electron chi connectivity index (χ2n) is 6.42. The van der Waals surface area contributed by atoms with Gasteiger partial charge in [0.25, 0.3) is 0 Å². The fourth-order valence-corrected chi connectivity index (χ4v) is 2.78. The highest BCUT2D eigenvalue weighted by Gasteiger charge is 2.30. The Morgan fingerprint density at radius 1 is 1.50 bits per heavy atom. The molecule has 0 aromatic heterocycles. The Bertz CT molecular complexity index is 632. The number of hydrogen-bond donors (Lipinski definition) is 1. The van der Waals surface area contributed by atoms with Gasteiger partial charge in [-0.05, 0) is 37.8 Å². The Morgan fingerprint density at radius 2 is 2.21 bits per heavy atom. The first kappa shape index (κ1) is 18.1. The summed E-state index contributed by atoms with van der Waals surface area (Å²) in [6, 6.07) is 6.05. The quantitative estimate of drug-likeness (QED) is 0.384. The molecule has 6 heteroatoms. The lowest BCUT2D eigenvalue weighted by Crippen LogP contribution is -2.40. The van der Waals surface area contributed by atoms with Crippen molar-refractivity contribution in [2.75, 3.05) is 32.1 Å². The smallest absolute Gasteiger partial charge is 0.235 e. The van der Waals surface area contributed by atoms with Crippen LogP contribution in [0.2, 0.25) is 0 Å². The van der Waals surface area contributed by atoms with Crippen LogP contribution in [0, 0.1) is 11.7 Å². The molecular formula is C18H28FN4O+. The molecule has 5 nitrogen and oxygen atoms in total. The van der Waals surface area contributed by atoms with Crippen LogP contribution in [0.15, 0.2) is 46.7 Å². The number of halogens is 1. The zero-order chi connectivity index (χ0) is 17.6. The van der Waals surface area contributed by atoms with Crippen LogP contribution in [0.3, 0.4) is 0 Å². The van der Waals surface area contributed by atoms with Crippen LogP contribution in [0.4, 0.5) is 10.1 Å². The molecule has 1 aromatic carbocycles. The summed E-state index contributed by atoms with van der Waals surface area (Å²) in [5.41, 5.74) is 0.703. The average Bonchev–Trinajstić information content (AvgIpc) is 2.87. The molecule has 0 bridgehead atoms. The molecule has 1 N–H and O–H groups in total. The molecular weight excluding hydrogens is 307 g/mol. The zero-order valence-electron chi connectivity index (χ0n) is 14.6. The van der Waals surface area contributed by atoms with Crippen molar-refractivity contribution in [3.8, 4) is 0 Å². The number of benzene rings is 1. The number of nitrogens with zero attached hydrogens (tertiary/aromatic N) is 3. The van der Waals surface area contributed by atoms with Crippen molar-refractivity contribution in [3.63, 3.8) is 0 Å². The fraction of sp³-hybridized carbons (Fsp3) is 0.444. The van der Waals surface area contributed by atoms with Crippen LogP contribution in [0.1, 0.15) is 21.7 Å². The van der Waals surface area contributed by atoms with Gasteiger partial charge in [-0.2, -0.15) is 9.98 Å². The third kappa shape index (κ3) is 5.45. The van der Waals surface area contributed by atoms with E-state index >= 15 is 0 Å². The lowest BCUT2D eigenvalue weighted by Gasteiger charge is -2.23. The van der Waals surface area contributed by atoms with Crippen molar-refractivity contribution in [1.29, 1.82) is 0 Å². The number of guanidine groups is 1. The largest absolute Gasteiger partial charge is 0.478 e. The normalized spacial score (nSPS) is 24.3. The number of rotatable bonds is 5. The lowest BCUT2D eigenvalue weighted by atomic mass is 10.2. The van der Waals surface area contributed by atoms with Crippen molar-refractivity contribution in [3.05, 3.63) is 42.5 Å². The molecule has 132 valence electrons. The first-order valence-corrected chi connectivity index (χ1v) is 8.22. The number of quaternary nitrogens is 1. The maximum atomic E-state index is 13.0. The molecule has 0 saturated carbocycles. The summed E-state index contributed by atoms with van der Waals surface area (Å²) >= 11 is 0. The number of nitrogens with one attached hydrogen (secondary N) is 1. The van der Waals surface area contributed by atoms with E-state index in [1.54, 1.807) is 12.1 Å². The predicted octanol–water partition coefficient (Wildman–Crippen LogP) is 3.86. The molecule has 2 rings (SSSR count). The molecule has 1 aliphatic rings. The van der Waals surface area contributed by atoms with Crippen LogP contribution in [0.5, 0.6) is 0 Å². The van der Waals surface area contributed by atoms with Gasteiger partial charge in [-0.3, -0.25) is 4.48 Å². The van der Waals surface area contributed by atoms with Gasteiger partial charge in [0.2, 0.25) is 11.8 Å². The van der Waals surface area contributed by atoms with Gasteiger partial charge in [0.1, 0.15) is 5.82 Å². The number of anilines is 1. The second kappa shape index (κ2) is 8.06. The van der Waals surface area contributed by atoms with Crippen molar-refractivity contribution in [1.82, 2.24) is 0 Å². The predicted molar refractivity (Wildman–Crippen MR) is 98.5 cm³/mol. The summed E-state index contributed by atoms with van der Waals surface area (Å²) in [6.45, 7) is 10.5. The van der Waals surface area contributed by atoms with Crippen LogP contribution in [-0.4, -0.2) is 43.5 Å². The summed E-state index contributed by atoms with van der Waals surface area (Å²) in [6.07, 6.45) is 3.09. The van der Waals surface area contributed by atoms with Gasteiger partial charge in [0, 0.05) is 19.5 Å². The first-order chi connectivity index (χ1) is 11.4. The minimum absolute atomic E-state index is 0. The van der Waals surface area contributed by atoms with E-state index in [0.717, 1.165) is 17.6 Å². The Morgan fingerprint density at radius 3 is 2.79 bits per heavy atom. The van der Waals surface area contributed by atoms with Gasteiger partial charge in [0.05, 0.1) is 26.7 Å². The summed E-state index contributed by atoms with van der Waals surface area (Å²) in [7, 11) is 2.15. The Labute approximate surface area is 144 Å². The van der Waals surface area contributed by atoms with Gasteiger partial charge in [-0.1, -0.05) is 6.92 Å². The minimum atomic E-state index is -0.287. The summed E-state index contributed by atoms with van der Waals surface area (Å²) in [5.74, 6) is 1.06. The van der Waals surface area contributed by atoms with Crippen molar-refractivity contribution in [2.45, 2.75) is 20.3 Å². The zero-order valence-corrected chi connectivity index (χ0v) is 14.6. The van der Waals surface area contributed by atoms with Crippen molar-refractivity contribution >= 4 is 18.0 Å². The summed E-state index contributed by atoms with van der Waals surface area (Å²) in [5, 5.41) is 3.08. The van der Waals surface area contributed by atoms with Gasteiger partial charge >= 0.3 is 0 Å². The molecule has 2 unspecified atom stereocenters. The van der Waals surface area contributed by atoms with Crippen LogP contribution >= 0.6 is 0 Å². The van der Waals surface area contributed by atoms with E-state index in [9.17, 15) is 4.39 Å². The maximum Gasteiger partial charge on any atom is 0.235 e. The van der Waals surface area contributed by atoms with Crippen molar-refractivity contribution < 1.29 is 15.0 Å². The van der Waals surface area contributed by atoms with E-state index < -0.39 is 0 Å². The standard InChI is InChI=1S/C18H26FN4O.H2/c1-5-24-15(3)21-18(22-17-8-6-16(19)7-9-17)20-13-23(4)11-10-14(2)12-23;/h6-9,13-14H,3,5,10-12H2,1-2,4H3,(H,21,22);1H/q+1;/b20-13+;. The first-order valence-electron chi connectivity index (χ1n) is 8.22. The topological polar surface area (TPSA) is 46.0 Å². The summed E-state index contributed by atoms with van der Waals surface area (Å²) < 4.78 is 19.1. The highest BCUT2D eigenvalue weighted by molar-refractivity contribution is 5.97. The molecule has 1 aromatic rings. The molecule has 2 atom stereocenters. The highest BCUT2D eigenvalue weighted by Crippen LogP contribution is 2.20. The Balaban J connectivity index is 0.00000312. The summed E-state index contributed by atoms with van der Waals surface area (Å²) in [4.78, 5) is 8.79. The second-order valence-corrected chi connectivity index (χ2v) is 6.42. The van der Waals surface area contributed by atoms with Crippen LogP contribution in [0.25, 0.3) is 0 Å². The molecule has 0 spiro atoms. The van der Waals surface area contributed by atoms with E-state index in [4.69, 9.17) is 4.74 Å². The lowest BCUT2D eigenvalue weighted by molar-refractivity contribution is -0.801. The van der Waals surface area contributed by atoms with Gasteiger partial charge < -0.3 is 10.1 Å². The number of hydrogen-bond acceptors (Lipinski definition) is 2. The van der Waals surface area contributed by atoms with Gasteiger partial charge in [0.15, 0.2) is 6.34 Å². The monoisotopic (exact) mass is 335 g/mol. The molecule has 0 radical (unpaired) electrons. The van der Waals surface area contributed by atoms with E-state index in [0.29, 0.717) is 24.2 Å². The molecule has 0 aliphatic carbocycles. The number of aliphatic imine (C=N–C) groups is 2. The molecule has 1 fully saturated rings. The number of ether oxygens (including phenoxy) is 1. The SMILES string of the molecule is C=C(/N=C(\N=C\[N+]1(C)CCC(C)C1)Nc1ccc(F)cc1)OCC.[HH]. The molecule has 0 amide bonds. The third-order valence-electron chi connectivity index (χ3n) is 3.96. The maximum absolute atomic E-state index is 13.0. The minimum Gasteiger partial charge on any atom is -0.478 e. The third-order valence-corrected chi connectivity index (χ3v) is 3.96. The molecule has 1 aliphatic heterocycles. The van der Waals surface area contributed by atoms with E-state index in [-0.39, 0.29) is 13.1 Å². The Kier molecular flexibility index (Phi) is 6.09. The molecule has 1 heterocycles. The molecule has 24 heavy (non-hydrogen) atoms.